The first-order valence-corrected chi connectivity index (χ1v) is 7.59. The van der Waals surface area contributed by atoms with E-state index in [2.05, 4.69) is 0 Å². The number of halogens is 2. The number of hydrogen-bond acceptors (Lipinski definition) is 2. The summed E-state index contributed by atoms with van der Waals surface area (Å²) in [7, 11) is 0. The van der Waals surface area contributed by atoms with Gasteiger partial charge >= 0.3 is 0 Å². The van der Waals surface area contributed by atoms with Crippen molar-refractivity contribution in [2.75, 3.05) is 19.6 Å². The monoisotopic (exact) mass is 314 g/mol. The molecule has 2 N–H and O–H groups in total. The molecular weight excluding hydrogens is 291 g/mol. The third-order valence-corrected chi connectivity index (χ3v) is 3.76. The molecular formula is C16H24ClFN2O. The Bertz CT molecular complexity index is 471. The summed E-state index contributed by atoms with van der Waals surface area (Å²) in [5.74, 6) is -0.559. The van der Waals surface area contributed by atoms with Crippen molar-refractivity contribution >= 4 is 17.5 Å². The van der Waals surface area contributed by atoms with E-state index in [-0.39, 0.29) is 28.3 Å². The van der Waals surface area contributed by atoms with Gasteiger partial charge in [-0.05, 0) is 30.5 Å². The molecule has 0 fully saturated rings. The molecule has 1 aromatic rings. The average molecular weight is 315 g/mol. The minimum absolute atomic E-state index is 0.0217. The van der Waals surface area contributed by atoms with Gasteiger partial charge in [-0.15, -0.1) is 0 Å². The SMILES string of the molecule is CCCN(CC(C)(C)CN)C(=O)Cc1c(F)cccc1Cl. The largest absolute Gasteiger partial charge is 0.342 e. The molecule has 0 aliphatic rings. The van der Waals surface area contributed by atoms with E-state index in [1.807, 2.05) is 20.8 Å². The lowest BCUT2D eigenvalue weighted by Gasteiger charge is -2.32. The van der Waals surface area contributed by atoms with Crippen LogP contribution in [0.4, 0.5) is 4.39 Å². The van der Waals surface area contributed by atoms with Crippen LogP contribution in [0, 0.1) is 11.2 Å². The summed E-state index contributed by atoms with van der Waals surface area (Å²) >= 11 is 5.98. The Morgan fingerprint density at radius 2 is 2.10 bits per heavy atom. The molecule has 1 rings (SSSR count). The second kappa shape index (κ2) is 7.76. The molecule has 5 heteroatoms. The fourth-order valence-corrected chi connectivity index (χ4v) is 2.34. The fraction of sp³-hybridized carbons (Fsp3) is 0.562. The molecule has 0 atom stereocenters. The van der Waals surface area contributed by atoms with Crippen molar-refractivity contribution < 1.29 is 9.18 Å². The molecule has 3 nitrogen and oxygen atoms in total. The summed E-state index contributed by atoms with van der Waals surface area (Å²) in [6.45, 7) is 7.71. The molecule has 0 aliphatic heterocycles. The van der Waals surface area contributed by atoms with Gasteiger partial charge in [0.15, 0.2) is 0 Å². The molecule has 1 amide bonds. The first-order valence-electron chi connectivity index (χ1n) is 7.21. The van der Waals surface area contributed by atoms with E-state index < -0.39 is 5.82 Å². The van der Waals surface area contributed by atoms with Gasteiger partial charge in [0, 0.05) is 23.7 Å². The van der Waals surface area contributed by atoms with Gasteiger partial charge in [0.25, 0.3) is 0 Å². The molecule has 0 aliphatic carbocycles. The third-order valence-electron chi connectivity index (χ3n) is 3.41. The Kier molecular flexibility index (Phi) is 6.62. The molecule has 0 saturated carbocycles. The van der Waals surface area contributed by atoms with Crippen molar-refractivity contribution in [2.24, 2.45) is 11.1 Å². The summed E-state index contributed by atoms with van der Waals surface area (Å²) in [6, 6.07) is 4.46. The predicted octanol–water partition coefficient (Wildman–Crippen LogP) is 3.25. The molecule has 0 unspecified atom stereocenters. The van der Waals surface area contributed by atoms with Crippen molar-refractivity contribution in [3.05, 3.63) is 34.6 Å². The van der Waals surface area contributed by atoms with Gasteiger partial charge in [-0.25, -0.2) is 4.39 Å². The summed E-state index contributed by atoms with van der Waals surface area (Å²) in [4.78, 5) is 14.2. The number of nitrogens with zero attached hydrogens (tertiary/aromatic N) is 1. The number of amides is 1. The van der Waals surface area contributed by atoms with Crippen LogP contribution < -0.4 is 5.73 Å². The zero-order valence-corrected chi connectivity index (χ0v) is 13.7. The van der Waals surface area contributed by atoms with Crippen molar-refractivity contribution in [3.8, 4) is 0 Å². The number of carbonyl (C=O) groups is 1. The smallest absolute Gasteiger partial charge is 0.227 e. The number of carbonyl (C=O) groups excluding carboxylic acids is 1. The third kappa shape index (κ3) is 5.29. The lowest BCUT2D eigenvalue weighted by atomic mass is 9.92. The first kappa shape index (κ1) is 17.9. The van der Waals surface area contributed by atoms with Crippen LogP contribution >= 0.6 is 11.6 Å². The highest BCUT2D eigenvalue weighted by atomic mass is 35.5. The van der Waals surface area contributed by atoms with E-state index in [4.69, 9.17) is 17.3 Å². The van der Waals surface area contributed by atoms with Crippen molar-refractivity contribution in [1.82, 2.24) is 4.90 Å². The second-order valence-electron chi connectivity index (χ2n) is 6.06. The van der Waals surface area contributed by atoms with Crippen molar-refractivity contribution in [1.29, 1.82) is 0 Å². The van der Waals surface area contributed by atoms with Crippen LogP contribution in [0.5, 0.6) is 0 Å². The molecule has 0 bridgehead atoms. The maximum atomic E-state index is 13.8. The van der Waals surface area contributed by atoms with Crippen molar-refractivity contribution in [2.45, 2.75) is 33.6 Å². The van der Waals surface area contributed by atoms with Crippen LogP contribution in [0.25, 0.3) is 0 Å². The van der Waals surface area contributed by atoms with Crippen LogP contribution in [0.3, 0.4) is 0 Å². The minimum atomic E-state index is -0.439. The molecule has 0 spiro atoms. The maximum Gasteiger partial charge on any atom is 0.227 e. The quantitative estimate of drug-likeness (QED) is 0.839. The van der Waals surface area contributed by atoms with Gasteiger partial charge in [-0.2, -0.15) is 0 Å². The van der Waals surface area contributed by atoms with E-state index in [1.54, 1.807) is 11.0 Å². The topological polar surface area (TPSA) is 46.3 Å². The van der Waals surface area contributed by atoms with Crippen LogP contribution in [0.2, 0.25) is 5.02 Å². The van der Waals surface area contributed by atoms with Crippen LogP contribution in [0.1, 0.15) is 32.8 Å². The van der Waals surface area contributed by atoms with Gasteiger partial charge in [0.1, 0.15) is 5.82 Å². The van der Waals surface area contributed by atoms with Crippen LogP contribution in [-0.4, -0.2) is 30.4 Å². The molecule has 21 heavy (non-hydrogen) atoms. The second-order valence-corrected chi connectivity index (χ2v) is 6.47. The van der Waals surface area contributed by atoms with Crippen molar-refractivity contribution in [3.63, 3.8) is 0 Å². The lowest BCUT2D eigenvalue weighted by molar-refractivity contribution is -0.131. The Labute approximate surface area is 131 Å². The summed E-state index contributed by atoms with van der Waals surface area (Å²) in [5, 5.41) is 0.290. The zero-order valence-electron chi connectivity index (χ0n) is 13.0. The number of nitrogens with two attached hydrogens (primary N) is 1. The van der Waals surface area contributed by atoms with Gasteiger partial charge < -0.3 is 10.6 Å². The molecule has 0 radical (unpaired) electrons. The normalized spacial score (nSPS) is 11.5. The summed E-state index contributed by atoms with van der Waals surface area (Å²) in [5.41, 5.74) is 5.83. The lowest BCUT2D eigenvalue weighted by Crippen LogP contribution is -2.43. The number of rotatable bonds is 7. The molecule has 118 valence electrons. The fourth-order valence-electron chi connectivity index (χ4n) is 2.11. The Morgan fingerprint density at radius 3 is 2.62 bits per heavy atom. The highest BCUT2D eigenvalue weighted by molar-refractivity contribution is 6.31. The van der Waals surface area contributed by atoms with E-state index in [0.29, 0.717) is 19.6 Å². The molecule has 0 heterocycles. The van der Waals surface area contributed by atoms with E-state index in [1.165, 1.54) is 12.1 Å². The predicted molar refractivity (Wildman–Crippen MR) is 84.8 cm³/mol. The highest BCUT2D eigenvalue weighted by Crippen LogP contribution is 2.21. The highest BCUT2D eigenvalue weighted by Gasteiger charge is 2.24. The van der Waals surface area contributed by atoms with Gasteiger partial charge in [0.05, 0.1) is 6.42 Å². The summed E-state index contributed by atoms with van der Waals surface area (Å²) < 4.78 is 13.8. The van der Waals surface area contributed by atoms with E-state index >= 15 is 0 Å². The van der Waals surface area contributed by atoms with Gasteiger partial charge in [0.2, 0.25) is 5.91 Å². The number of benzene rings is 1. The molecule has 1 aromatic carbocycles. The minimum Gasteiger partial charge on any atom is -0.342 e. The van der Waals surface area contributed by atoms with Crippen LogP contribution in [-0.2, 0) is 11.2 Å². The molecule has 0 saturated heterocycles. The first-order chi connectivity index (χ1) is 9.80. The Hall–Kier alpha value is -1.13. The average Bonchev–Trinajstić information content (AvgIpc) is 2.42. The summed E-state index contributed by atoms with van der Waals surface area (Å²) in [6.07, 6.45) is 0.823. The number of hydrogen-bond donors (Lipinski definition) is 1. The standard InChI is InChI=1S/C16H24ClFN2O/c1-4-8-20(11-16(2,3)10-19)15(21)9-12-13(17)6-5-7-14(12)18/h5-7H,4,8-11,19H2,1-3H3. The van der Waals surface area contributed by atoms with Gasteiger partial charge in [-0.3, -0.25) is 4.79 Å². The molecule has 0 aromatic heterocycles. The Morgan fingerprint density at radius 1 is 1.43 bits per heavy atom. The van der Waals surface area contributed by atoms with E-state index in [9.17, 15) is 9.18 Å². The Balaban J connectivity index is 2.87. The zero-order chi connectivity index (χ0) is 16.0. The van der Waals surface area contributed by atoms with E-state index in [0.717, 1.165) is 6.42 Å². The van der Waals surface area contributed by atoms with Crippen LogP contribution in [0.15, 0.2) is 18.2 Å². The van der Waals surface area contributed by atoms with Gasteiger partial charge in [-0.1, -0.05) is 38.4 Å². The maximum absolute atomic E-state index is 13.8.